The van der Waals surface area contributed by atoms with Crippen LogP contribution in [0.1, 0.15) is 104 Å². The van der Waals surface area contributed by atoms with Gasteiger partial charge in [-0.15, -0.1) is 11.3 Å². The minimum Gasteiger partial charge on any atom is -0.309 e. The number of rotatable bonds is 17. The van der Waals surface area contributed by atoms with Crippen LogP contribution in [0.3, 0.4) is 0 Å². The molecule has 4 rings (SSSR count). The highest BCUT2D eigenvalue weighted by Crippen LogP contribution is 2.25. The normalized spacial score (nSPS) is 12.4. The van der Waals surface area contributed by atoms with Gasteiger partial charge in [-0.3, -0.25) is 9.69 Å². The van der Waals surface area contributed by atoms with Crippen molar-refractivity contribution in [2.24, 2.45) is 11.8 Å². The molecule has 0 radical (unpaired) electrons. The molecule has 3 heterocycles. The van der Waals surface area contributed by atoms with Crippen molar-refractivity contribution < 1.29 is 0 Å². The summed E-state index contributed by atoms with van der Waals surface area (Å²) in [7, 11) is 0. The fourth-order valence-electron chi connectivity index (χ4n) is 5.51. The number of thiophene rings is 1. The van der Waals surface area contributed by atoms with E-state index >= 15 is 0 Å². The van der Waals surface area contributed by atoms with Gasteiger partial charge in [0.05, 0.1) is 16.6 Å². The molecule has 6 heteroatoms. The Morgan fingerprint density at radius 3 is 2.21 bits per heavy atom. The number of imidazole rings is 1. The Bertz CT molecular complexity index is 1370. The van der Waals surface area contributed by atoms with E-state index in [1.165, 1.54) is 74.7 Å². The Labute approximate surface area is 239 Å². The maximum Gasteiger partial charge on any atom is 0.277 e. The van der Waals surface area contributed by atoms with E-state index in [1.807, 2.05) is 15.8 Å². The Morgan fingerprint density at radius 2 is 1.54 bits per heavy atom. The van der Waals surface area contributed by atoms with Crippen LogP contribution < -0.4 is 5.56 Å². The number of nitrogens with zero attached hydrogens (tertiary/aromatic N) is 4. The zero-order valence-corrected chi connectivity index (χ0v) is 25.9. The van der Waals surface area contributed by atoms with Crippen molar-refractivity contribution in [3.05, 3.63) is 45.6 Å². The first kappa shape index (κ1) is 29.8. The molecule has 0 saturated carbocycles. The first-order valence-corrected chi connectivity index (χ1v) is 16.4. The summed E-state index contributed by atoms with van der Waals surface area (Å²) < 4.78 is 4.93. The maximum atomic E-state index is 13.6. The van der Waals surface area contributed by atoms with Crippen LogP contribution in [-0.2, 0) is 13.1 Å². The van der Waals surface area contributed by atoms with Crippen LogP contribution in [0.2, 0.25) is 0 Å². The highest BCUT2D eigenvalue weighted by atomic mass is 32.1. The van der Waals surface area contributed by atoms with Gasteiger partial charge in [0.25, 0.3) is 5.56 Å². The lowest BCUT2D eigenvalue weighted by molar-refractivity contribution is 0.236. The first-order valence-electron chi connectivity index (χ1n) is 15.5. The van der Waals surface area contributed by atoms with Crippen molar-refractivity contribution in [3.8, 4) is 0 Å². The Balaban J connectivity index is 1.62. The molecule has 214 valence electrons. The summed E-state index contributed by atoms with van der Waals surface area (Å²) in [6.45, 7) is 15.6. The maximum absolute atomic E-state index is 13.6. The van der Waals surface area contributed by atoms with E-state index in [0.29, 0.717) is 11.8 Å². The van der Waals surface area contributed by atoms with Gasteiger partial charge >= 0.3 is 0 Å². The molecule has 0 aliphatic carbocycles. The highest BCUT2D eigenvalue weighted by molar-refractivity contribution is 7.17. The van der Waals surface area contributed by atoms with Gasteiger partial charge < -0.3 is 4.57 Å². The SMILES string of the molecule is CCCCCCCCCCn1c2cc(CN(CCC(C)C)CCC(C)C)ccc2n2c(=O)c3sccc3nc12. The van der Waals surface area contributed by atoms with E-state index in [4.69, 9.17) is 4.98 Å². The smallest absolute Gasteiger partial charge is 0.277 e. The van der Waals surface area contributed by atoms with Crippen LogP contribution >= 0.6 is 11.3 Å². The van der Waals surface area contributed by atoms with E-state index in [9.17, 15) is 4.79 Å². The summed E-state index contributed by atoms with van der Waals surface area (Å²) in [4.78, 5) is 21.2. The van der Waals surface area contributed by atoms with Crippen LogP contribution in [0.15, 0.2) is 34.4 Å². The number of hydrogen-bond donors (Lipinski definition) is 0. The molecular formula is C33H50N4OS. The van der Waals surface area contributed by atoms with Crippen molar-refractivity contribution in [3.63, 3.8) is 0 Å². The summed E-state index contributed by atoms with van der Waals surface area (Å²) in [6.07, 6.45) is 12.8. The lowest BCUT2D eigenvalue weighted by atomic mass is 10.1. The molecule has 3 aromatic heterocycles. The van der Waals surface area contributed by atoms with E-state index in [2.05, 4.69) is 62.3 Å². The van der Waals surface area contributed by atoms with Crippen LogP contribution in [0.5, 0.6) is 0 Å². The Kier molecular flexibility index (Phi) is 11.0. The zero-order chi connectivity index (χ0) is 27.8. The van der Waals surface area contributed by atoms with Gasteiger partial charge in [-0.1, -0.05) is 85.6 Å². The number of aryl methyl sites for hydroxylation is 1. The van der Waals surface area contributed by atoms with E-state index in [1.54, 1.807) is 0 Å². The van der Waals surface area contributed by atoms with Crippen molar-refractivity contribution in [2.45, 2.75) is 112 Å². The second-order valence-electron chi connectivity index (χ2n) is 12.3. The monoisotopic (exact) mass is 550 g/mol. The first-order chi connectivity index (χ1) is 18.9. The molecule has 1 aromatic carbocycles. The number of benzene rings is 1. The molecule has 0 unspecified atom stereocenters. The zero-order valence-electron chi connectivity index (χ0n) is 25.0. The van der Waals surface area contributed by atoms with Gasteiger partial charge in [-0.2, -0.15) is 0 Å². The predicted molar refractivity (Wildman–Crippen MR) is 169 cm³/mol. The lowest BCUT2D eigenvalue weighted by Gasteiger charge is -2.24. The molecule has 0 aliphatic rings. The van der Waals surface area contributed by atoms with E-state index in [-0.39, 0.29) is 5.56 Å². The van der Waals surface area contributed by atoms with Gasteiger partial charge in [0, 0.05) is 13.1 Å². The highest BCUT2D eigenvalue weighted by Gasteiger charge is 2.18. The molecule has 0 atom stereocenters. The minimum atomic E-state index is 0.0629. The minimum absolute atomic E-state index is 0.0629. The molecule has 0 N–H and O–H groups in total. The van der Waals surface area contributed by atoms with Crippen LogP contribution in [0.4, 0.5) is 0 Å². The number of aromatic nitrogens is 3. The van der Waals surface area contributed by atoms with Crippen LogP contribution in [0, 0.1) is 11.8 Å². The molecule has 39 heavy (non-hydrogen) atoms. The molecule has 5 nitrogen and oxygen atoms in total. The van der Waals surface area contributed by atoms with E-state index in [0.717, 1.165) is 59.6 Å². The third kappa shape index (κ3) is 7.73. The molecule has 0 aliphatic heterocycles. The summed E-state index contributed by atoms with van der Waals surface area (Å²) in [6, 6.07) is 8.70. The van der Waals surface area contributed by atoms with Gasteiger partial charge in [-0.25, -0.2) is 9.38 Å². The van der Waals surface area contributed by atoms with Gasteiger partial charge in [-0.05, 0) is 73.3 Å². The second-order valence-corrected chi connectivity index (χ2v) is 13.2. The summed E-state index contributed by atoms with van der Waals surface area (Å²) >= 11 is 1.49. The molecular weight excluding hydrogens is 500 g/mol. The van der Waals surface area contributed by atoms with Crippen LogP contribution in [0.25, 0.3) is 27.0 Å². The fraction of sp³-hybridized carbons (Fsp3) is 0.636. The summed E-state index contributed by atoms with van der Waals surface area (Å²) in [5, 5.41) is 1.98. The second kappa shape index (κ2) is 14.5. The largest absolute Gasteiger partial charge is 0.309 e. The van der Waals surface area contributed by atoms with Crippen molar-refractivity contribution in [1.82, 2.24) is 18.9 Å². The number of fused-ring (bicyclic) bond motifs is 4. The lowest BCUT2D eigenvalue weighted by Crippen LogP contribution is -2.27. The third-order valence-electron chi connectivity index (χ3n) is 7.96. The molecule has 0 amide bonds. The predicted octanol–water partition coefficient (Wildman–Crippen LogP) is 8.90. The summed E-state index contributed by atoms with van der Waals surface area (Å²) in [5.41, 5.74) is 4.33. The van der Waals surface area contributed by atoms with Crippen molar-refractivity contribution in [1.29, 1.82) is 0 Å². The average molecular weight is 551 g/mol. The average Bonchev–Trinajstić information content (AvgIpc) is 3.50. The van der Waals surface area contributed by atoms with Gasteiger partial charge in [0.1, 0.15) is 4.70 Å². The van der Waals surface area contributed by atoms with Gasteiger partial charge in [0.15, 0.2) is 0 Å². The van der Waals surface area contributed by atoms with Crippen molar-refractivity contribution in [2.75, 3.05) is 13.1 Å². The van der Waals surface area contributed by atoms with E-state index < -0.39 is 0 Å². The molecule has 0 saturated heterocycles. The third-order valence-corrected chi connectivity index (χ3v) is 8.85. The fourth-order valence-corrected chi connectivity index (χ4v) is 6.27. The quantitative estimate of drug-likeness (QED) is 0.123. The molecule has 4 aromatic rings. The number of hydrogen-bond acceptors (Lipinski definition) is 4. The topological polar surface area (TPSA) is 42.5 Å². The molecule has 0 fully saturated rings. The molecule has 0 bridgehead atoms. The Morgan fingerprint density at radius 1 is 0.872 bits per heavy atom. The standard InChI is InChI=1S/C33H50N4OS/c1-6-7-8-9-10-11-12-13-19-36-30-23-27(24-35(20-16-25(2)3)21-17-26(4)5)14-15-29(30)37-32(38)31-28(18-22-39-31)34-33(36)37/h14-15,18,22-23,25-26H,6-13,16-17,19-21,24H2,1-5H3. The van der Waals surface area contributed by atoms with Crippen LogP contribution in [-0.4, -0.2) is 31.9 Å². The van der Waals surface area contributed by atoms with Gasteiger partial charge in [0.2, 0.25) is 5.78 Å². The number of unbranched alkanes of at least 4 members (excludes halogenated alkanes) is 7. The summed E-state index contributed by atoms with van der Waals surface area (Å²) in [5.74, 6) is 2.20. The van der Waals surface area contributed by atoms with Crippen molar-refractivity contribution >= 4 is 38.4 Å². The molecule has 0 spiro atoms. The Hall–Kier alpha value is -2.18.